The molecule has 5 rings (SSSR count). The highest BCUT2D eigenvalue weighted by molar-refractivity contribution is 7.11. The molecule has 0 aliphatic carbocycles. The van der Waals surface area contributed by atoms with Crippen LogP contribution >= 0.6 is 0 Å². The largest absolute Gasteiger partial charge is 0.456 e. The van der Waals surface area contributed by atoms with Crippen LogP contribution in [0.4, 0.5) is 0 Å². The molecule has 27 heavy (non-hydrogen) atoms. The summed E-state index contributed by atoms with van der Waals surface area (Å²) in [6.07, 6.45) is 0. The minimum absolute atomic E-state index is 0.956. The molecule has 0 bridgehead atoms. The SMILES string of the molecule is C[Si](c1ccccc1)(c1ccccc1)c1cccc2oc3ccccc3c12. The van der Waals surface area contributed by atoms with Crippen molar-refractivity contribution in [3.8, 4) is 0 Å². The third kappa shape index (κ3) is 2.45. The molecular formula is C25H20OSi. The van der Waals surface area contributed by atoms with Crippen LogP contribution in [0.15, 0.2) is 108 Å². The normalized spacial score (nSPS) is 11.9. The Kier molecular flexibility index (Phi) is 3.73. The van der Waals surface area contributed by atoms with Crippen molar-refractivity contribution in [2.24, 2.45) is 0 Å². The Bertz CT molecular complexity index is 1180. The Morgan fingerprint density at radius 1 is 0.556 bits per heavy atom. The highest BCUT2D eigenvalue weighted by atomic mass is 28.3. The van der Waals surface area contributed by atoms with Crippen molar-refractivity contribution in [1.82, 2.24) is 0 Å². The first kappa shape index (κ1) is 16.1. The van der Waals surface area contributed by atoms with E-state index in [4.69, 9.17) is 4.42 Å². The summed E-state index contributed by atoms with van der Waals surface area (Å²) < 4.78 is 6.18. The number of para-hydroxylation sites is 1. The van der Waals surface area contributed by atoms with Gasteiger partial charge in [-0.1, -0.05) is 97.5 Å². The van der Waals surface area contributed by atoms with Crippen LogP contribution in [0.2, 0.25) is 6.55 Å². The van der Waals surface area contributed by atoms with E-state index in [1.165, 1.54) is 26.3 Å². The van der Waals surface area contributed by atoms with Gasteiger partial charge < -0.3 is 4.42 Å². The number of hydrogen-bond donors (Lipinski definition) is 0. The molecule has 0 radical (unpaired) electrons. The van der Waals surface area contributed by atoms with Gasteiger partial charge in [0.1, 0.15) is 19.2 Å². The van der Waals surface area contributed by atoms with Crippen LogP contribution in [0, 0.1) is 0 Å². The molecule has 0 amide bonds. The first-order valence-electron chi connectivity index (χ1n) is 9.30. The maximum atomic E-state index is 6.18. The molecule has 2 heteroatoms. The lowest BCUT2D eigenvalue weighted by atomic mass is 10.1. The number of hydrogen-bond acceptors (Lipinski definition) is 1. The Labute approximate surface area is 159 Å². The minimum atomic E-state index is -2.18. The van der Waals surface area contributed by atoms with E-state index in [0.717, 1.165) is 11.2 Å². The third-order valence-electron chi connectivity index (χ3n) is 5.64. The second kappa shape index (κ2) is 6.25. The zero-order valence-electron chi connectivity index (χ0n) is 15.2. The third-order valence-corrected chi connectivity index (χ3v) is 10.1. The Balaban J connectivity index is 1.92. The second-order valence-corrected chi connectivity index (χ2v) is 11.1. The van der Waals surface area contributed by atoms with Gasteiger partial charge in [0, 0.05) is 10.8 Å². The van der Waals surface area contributed by atoms with Crippen LogP contribution in [0.25, 0.3) is 21.9 Å². The molecule has 1 heterocycles. The van der Waals surface area contributed by atoms with E-state index in [-0.39, 0.29) is 0 Å². The summed E-state index contributed by atoms with van der Waals surface area (Å²) in [5.74, 6) is 0. The molecule has 130 valence electrons. The molecule has 0 fully saturated rings. The van der Waals surface area contributed by atoms with E-state index in [1.807, 2.05) is 6.07 Å². The molecule has 1 aromatic heterocycles. The fraction of sp³-hybridized carbons (Fsp3) is 0.0400. The molecule has 0 saturated heterocycles. The van der Waals surface area contributed by atoms with Gasteiger partial charge in [-0.2, -0.15) is 0 Å². The van der Waals surface area contributed by atoms with Crippen LogP contribution in [-0.4, -0.2) is 8.07 Å². The number of fused-ring (bicyclic) bond motifs is 3. The predicted molar refractivity (Wildman–Crippen MR) is 117 cm³/mol. The van der Waals surface area contributed by atoms with Gasteiger partial charge in [-0.05, 0) is 27.7 Å². The van der Waals surface area contributed by atoms with Gasteiger partial charge in [0.05, 0.1) is 0 Å². The fourth-order valence-corrected chi connectivity index (χ4v) is 8.07. The molecule has 0 aliphatic rings. The van der Waals surface area contributed by atoms with Crippen molar-refractivity contribution in [2.45, 2.75) is 6.55 Å². The van der Waals surface area contributed by atoms with Gasteiger partial charge in [0.25, 0.3) is 0 Å². The predicted octanol–water partition coefficient (Wildman–Crippen LogP) is 4.69. The van der Waals surface area contributed by atoms with Crippen LogP contribution in [0.3, 0.4) is 0 Å². The van der Waals surface area contributed by atoms with Crippen molar-refractivity contribution in [1.29, 1.82) is 0 Å². The fourth-order valence-electron chi connectivity index (χ4n) is 4.21. The van der Waals surface area contributed by atoms with Gasteiger partial charge in [0.2, 0.25) is 0 Å². The molecule has 0 unspecified atom stereocenters. The lowest BCUT2D eigenvalue weighted by molar-refractivity contribution is 0.669. The Morgan fingerprint density at radius 3 is 1.78 bits per heavy atom. The van der Waals surface area contributed by atoms with Crippen molar-refractivity contribution < 1.29 is 4.42 Å². The molecule has 1 nitrogen and oxygen atoms in total. The van der Waals surface area contributed by atoms with Gasteiger partial charge in [-0.3, -0.25) is 0 Å². The summed E-state index contributed by atoms with van der Waals surface area (Å²) in [7, 11) is -2.18. The van der Waals surface area contributed by atoms with E-state index in [2.05, 4.69) is 104 Å². The minimum Gasteiger partial charge on any atom is -0.456 e. The lowest BCUT2D eigenvalue weighted by Gasteiger charge is -2.30. The average molecular weight is 365 g/mol. The highest BCUT2D eigenvalue weighted by Crippen LogP contribution is 2.28. The van der Waals surface area contributed by atoms with E-state index in [9.17, 15) is 0 Å². The van der Waals surface area contributed by atoms with E-state index in [0.29, 0.717) is 0 Å². The maximum Gasteiger partial charge on any atom is 0.146 e. The van der Waals surface area contributed by atoms with Gasteiger partial charge in [0.15, 0.2) is 0 Å². The monoisotopic (exact) mass is 364 g/mol. The number of benzene rings is 4. The van der Waals surface area contributed by atoms with Crippen LogP contribution < -0.4 is 15.6 Å². The first-order valence-corrected chi connectivity index (χ1v) is 11.8. The van der Waals surface area contributed by atoms with Gasteiger partial charge in [-0.25, -0.2) is 0 Å². The summed E-state index contributed by atoms with van der Waals surface area (Å²) in [6.45, 7) is 2.45. The van der Waals surface area contributed by atoms with E-state index in [1.54, 1.807) is 0 Å². The molecule has 0 spiro atoms. The highest BCUT2D eigenvalue weighted by Gasteiger charge is 2.36. The summed E-state index contributed by atoms with van der Waals surface area (Å²) in [5.41, 5.74) is 1.93. The van der Waals surface area contributed by atoms with Gasteiger partial charge in [-0.15, -0.1) is 0 Å². The topological polar surface area (TPSA) is 13.1 Å². The molecule has 4 aromatic carbocycles. The van der Waals surface area contributed by atoms with E-state index >= 15 is 0 Å². The quantitative estimate of drug-likeness (QED) is 0.334. The van der Waals surface area contributed by atoms with Crippen LogP contribution in [0.5, 0.6) is 0 Å². The van der Waals surface area contributed by atoms with Crippen LogP contribution in [0.1, 0.15) is 0 Å². The lowest BCUT2D eigenvalue weighted by Crippen LogP contribution is -2.64. The van der Waals surface area contributed by atoms with E-state index < -0.39 is 8.07 Å². The van der Waals surface area contributed by atoms with Crippen molar-refractivity contribution >= 4 is 45.6 Å². The summed E-state index contributed by atoms with van der Waals surface area (Å²) in [4.78, 5) is 0. The molecule has 5 aromatic rings. The Hall–Kier alpha value is -3.10. The summed E-state index contributed by atoms with van der Waals surface area (Å²) in [6, 6.07) is 36.8. The van der Waals surface area contributed by atoms with Crippen LogP contribution in [-0.2, 0) is 0 Å². The zero-order chi connectivity index (χ0) is 18.3. The molecule has 0 aliphatic heterocycles. The number of furan rings is 1. The van der Waals surface area contributed by atoms with Crippen molar-refractivity contribution in [2.75, 3.05) is 0 Å². The zero-order valence-corrected chi connectivity index (χ0v) is 16.2. The molecule has 0 atom stereocenters. The van der Waals surface area contributed by atoms with Gasteiger partial charge >= 0.3 is 0 Å². The smallest absolute Gasteiger partial charge is 0.146 e. The van der Waals surface area contributed by atoms with Crippen molar-refractivity contribution in [3.63, 3.8) is 0 Å². The summed E-state index contributed by atoms with van der Waals surface area (Å²) >= 11 is 0. The maximum absolute atomic E-state index is 6.18. The Morgan fingerprint density at radius 2 is 1.11 bits per heavy atom. The summed E-state index contributed by atoms with van der Waals surface area (Å²) in [5, 5.41) is 6.69. The molecular weight excluding hydrogens is 344 g/mol. The standard InChI is InChI=1S/C25H20OSi/c1-27(19-11-4-2-5-12-19,20-13-6-3-7-14-20)24-18-10-17-23-25(24)21-15-8-9-16-22(21)26-23/h2-18H,1H3. The second-order valence-electron chi connectivity index (χ2n) is 7.13. The average Bonchev–Trinajstić information content (AvgIpc) is 3.13. The first-order chi connectivity index (χ1) is 13.3. The molecule has 0 N–H and O–H groups in total. The van der Waals surface area contributed by atoms with Crippen molar-refractivity contribution in [3.05, 3.63) is 103 Å². The molecule has 0 saturated carbocycles. The number of rotatable bonds is 3.